The van der Waals surface area contributed by atoms with E-state index >= 15 is 0 Å². The molecule has 3 rings (SSSR count). The Bertz CT molecular complexity index is 1210. The molecule has 1 aliphatic rings. The maximum Gasteiger partial charge on any atom is 0.244 e. The van der Waals surface area contributed by atoms with Crippen LogP contribution in [0.4, 0.5) is 5.69 Å². The van der Waals surface area contributed by atoms with Crippen molar-refractivity contribution in [1.29, 1.82) is 0 Å². The molecule has 2 aromatic carbocycles. The number of carbonyl (C=O) groups excluding carboxylic acids is 2. The van der Waals surface area contributed by atoms with Crippen LogP contribution in [0, 0.1) is 0 Å². The number of amides is 2. The third kappa shape index (κ3) is 6.71. The highest BCUT2D eigenvalue weighted by Gasteiger charge is 2.30. The molecule has 1 aliphatic heterocycles. The van der Waals surface area contributed by atoms with Gasteiger partial charge in [0.05, 0.1) is 22.0 Å². The number of likely N-dealkylation sites (N-methyl/N-ethyl adjacent to an activating group) is 1. The minimum atomic E-state index is -3.86. The minimum absolute atomic E-state index is 0.0206. The molecule has 0 radical (unpaired) electrons. The number of nitrogens with one attached hydrogen (secondary N) is 1. The lowest BCUT2D eigenvalue weighted by Crippen LogP contribution is -2.51. The normalized spacial score (nSPS) is 13.6. The molecule has 1 heterocycles. The lowest BCUT2D eigenvalue weighted by molar-refractivity contribution is -0.139. The van der Waals surface area contributed by atoms with Gasteiger partial charge < -0.3 is 19.7 Å². The largest absolute Gasteiger partial charge is 0.486 e. The molecule has 0 fully saturated rings. The number of nitrogens with zero attached hydrogens (tertiary/aromatic N) is 2. The average Bonchev–Trinajstić information content (AvgIpc) is 2.81. The molecular weight excluding hydrogens is 517 g/mol. The van der Waals surface area contributed by atoms with Crippen molar-refractivity contribution in [3.8, 4) is 11.5 Å². The highest BCUT2D eigenvalue weighted by molar-refractivity contribution is 7.92. The fourth-order valence-electron chi connectivity index (χ4n) is 3.54. The first-order valence-electron chi connectivity index (χ1n) is 10.9. The molecule has 190 valence electrons. The number of ether oxygens (including phenoxy) is 2. The van der Waals surface area contributed by atoms with Crippen LogP contribution in [-0.4, -0.2) is 63.7 Å². The van der Waals surface area contributed by atoms with Crippen molar-refractivity contribution < 1.29 is 27.5 Å². The number of anilines is 1. The standard InChI is InChI=1S/C23H27Cl2N3O6S/c1-4-26-23(30)15(2)27(13-16-5-7-18(24)19(25)11-16)22(29)14-28(35(3,31)32)17-6-8-20-21(12-17)34-10-9-33-20/h5-8,11-12,15H,4,9-10,13-14H2,1-3H3,(H,26,30). The minimum Gasteiger partial charge on any atom is -0.486 e. The van der Waals surface area contributed by atoms with Gasteiger partial charge in [-0.25, -0.2) is 8.42 Å². The van der Waals surface area contributed by atoms with Crippen LogP contribution < -0.4 is 19.1 Å². The first-order valence-corrected chi connectivity index (χ1v) is 13.5. The predicted octanol–water partition coefficient (Wildman–Crippen LogP) is 3.08. The maximum absolute atomic E-state index is 13.5. The highest BCUT2D eigenvalue weighted by atomic mass is 35.5. The second-order valence-electron chi connectivity index (χ2n) is 7.94. The Morgan fingerprint density at radius 3 is 2.37 bits per heavy atom. The Balaban J connectivity index is 1.93. The van der Waals surface area contributed by atoms with Crippen LogP contribution in [0.25, 0.3) is 0 Å². The quantitative estimate of drug-likeness (QED) is 0.521. The van der Waals surface area contributed by atoms with Crippen LogP contribution in [-0.2, 0) is 26.2 Å². The van der Waals surface area contributed by atoms with Gasteiger partial charge in [-0.15, -0.1) is 0 Å². The molecule has 0 aliphatic carbocycles. The van der Waals surface area contributed by atoms with E-state index in [0.29, 0.717) is 46.9 Å². The Labute approximate surface area is 214 Å². The van der Waals surface area contributed by atoms with Crippen LogP contribution in [0.5, 0.6) is 11.5 Å². The summed E-state index contributed by atoms with van der Waals surface area (Å²) in [5.74, 6) is -0.0645. The molecule has 2 aromatic rings. The lowest BCUT2D eigenvalue weighted by Gasteiger charge is -2.31. The van der Waals surface area contributed by atoms with Crippen molar-refractivity contribution in [3.05, 3.63) is 52.0 Å². The van der Waals surface area contributed by atoms with Gasteiger partial charge in [-0.2, -0.15) is 0 Å². The van der Waals surface area contributed by atoms with E-state index in [-0.39, 0.29) is 18.1 Å². The van der Waals surface area contributed by atoms with Crippen LogP contribution in [0.3, 0.4) is 0 Å². The van der Waals surface area contributed by atoms with Gasteiger partial charge in [0.2, 0.25) is 21.8 Å². The summed E-state index contributed by atoms with van der Waals surface area (Å²) in [7, 11) is -3.86. The van der Waals surface area contributed by atoms with Crippen LogP contribution in [0.2, 0.25) is 10.0 Å². The molecule has 1 N–H and O–H groups in total. The van der Waals surface area contributed by atoms with E-state index in [1.54, 1.807) is 44.2 Å². The van der Waals surface area contributed by atoms with Gasteiger partial charge in [-0.3, -0.25) is 13.9 Å². The molecule has 2 amide bonds. The maximum atomic E-state index is 13.5. The van der Waals surface area contributed by atoms with E-state index < -0.39 is 28.5 Å². The van der Waals surface area contributed by atoms with Gasteiger partial charge >= 0.3 is 0 Å². The monoisotopic (exact) mass is 543 g/mol. The van der Waals surface area contributed by atoms with Crippen molar-refractivity contribution in [2.45, 2.75) is 26.4 Å². The predicted molar refractivity (Wildman–Crippen MR) is 135 cm³/mol. The molecule has 0 aromatic heterocycles. The Hall–Kier alpha value is -2.69. The Morgan fingerprint density at radius 1 is 1.06 bits per heavy atom. The smallest absolute Gasteiger partial charge is 0.244 e. The zero-order valence-electron chi connectivity index (χ0n) is 19.6. The summed E-state index contributed by atoms with van der Waals surface area (Å²) in [6, 6.07) is 8.65. The summed E-state index contributed by atoms with van der Waals surface area (Å²) in [5, 5.41) is 3.35. The van der Waals surface area contributed by atoms with Crippen molar-refractivity contribution >= 4 is 50.7 Å². The van der Waals surface area contributed by atoms with E-state index in [1.165, 1.54) is 11.0 Å². The van der Waals surface area contributed by atoms with Gasteiger partial charge in [-0.05, 0) is 43.7 Å². The third-order valence-corrected chi connectivity index (χ3v) is 7.23. The number of benzene rings is 2. The lowest BCUT2D eigenvalue weighted by atomic mass is 10.1. The molecule has 35 heavy (non-hydrogen) atoms. The van der Waals surface area contributed by atoms with Gasteiger partial charge in [0.15, 0.2) is 11.5 Å². The number of rotatable bonds is 9. The van der Waals surface area contributed by atoms with Crippen LogP contribution >= 0.6 is 23.2 Å². The third-order valence-electron chi connectivity index (χ3n) is 5.35. The van der Waals surface area contributed by atoms with Crippen molar-refractivity contribution in [3.63, 3.8) is 0 Å². The Kier molecular flexibility index (Phi) is 8.74. The second-order valence-corrected chi connectivity index (χ2v) is 10.7. The van der Waals surface area contributed by atoms with Crippen molar-refractivity contribution in [2.24, 2.45) is 0 Å². The van der Waals surface area contributed by atoms with Crippen LogP contribution in [0.15, 0.2) is 36.4 Å². The zero-order valence-corrected chi connectivity index (χ0v) is 21.9. The van der Waals surface area contributed by atoms with E-state index in [4.69, 9.17) is 32.7 Å². The van der Waals surface area contributed by atoms with Gasteiger partial charge in [-0.1, -0.05) is 29.3 Å². The summed E-state index contributed by atoms with van der Waals surface area (Å²) in [6.07, 6.45) is 1.01. The van der Waals surface area contributed by atoms with Crippen LogP contribution in [0.1, 0.15) is 19.4 Å². The molecule has 0 spiro atoms. The summed E-state index contributed by atoms with van der Waals surface area (Å²) in [4.78, 5) is 27.4. The van der Waals surface area contributed by atoms with E-state index in [9.17, 15) is 18.0 Å². The highest BCUT2D eigenvalue weighted by Crippen LogP contribution is 2.34. The molecule has 0 saturated carbocycles. The van der Waals surface area contributed by atoms with Gasteiger partial charge in [0.25, 0.3) is 0 Å². The number of carbonyl (C=O) groups is 2. The van der Waals surface area contributed by atoms with Gasteiger partial charge in [0, 0.05) is 19.2 Å². The fourth-order valence-corrected chi connectivity index (χ4v) is 4.70. The molecule has 12 heteroatoms. The molecule has 9 nitrogen and oxygen atoms in total. The van der Waals surface area contributed by atoms with E-state index in [0.717, 1.165) is 10.6 Å². The zero-order chi connectivity index (χ0) is 25.8. The molecule has 1 atom stereocenters. The number of hydrogen-bond donors (Lipinski definition) is 1. The number of fused-ring (bicyclic) bond motifs is 1. The second kappa shape index (κ2) is 11.4. The molecule has 0 bridgehead atoms. The Morgan fingerprint density at radius 2 is 1.74 bits per heavy atom. The molecule has 0 saturated heterocycles. The van der Waals surface area contributed by atoms with Crippen molar-refractivity contribution in [1.82, 2.24) is 10.2 Å². The average molecular weight is 544 g/mol. The summed E-state index contributed by atoms with van der Waals surface area (Å²) in [6.45, 7) is 3.94. The number of halogens is 2. The summed E-state index contributed by atoms with van der Waals surface area (Å²) in [5.41, 5.74) is 0.874. The van der Waals surface area contributed by atoms with Crippen molar-refractivity contribution in [2.75, 3.05) is 36.9 Å². The van der Waals surface area contributed by atoms with Gasteiger partial charge in [0.1, 0.15) is 25.8 Å². The summed E-state index contributed by atoms with van der Waals surface area (Å²) >= 11 is 12.1. The topological polar surface area (TPSA) is 105 Å². The fraction of sp³-hybridized carbons (Fsp3) is 0.391. The number of hydrogen-bond acceptors (Lipinski definition) is 6. The summed E-state index contributed by atoms with van der Waals surface area (Å²) < 4.78 is 37.4. The first-order chi connectivity index (χ1) is 16.5. The van der Waals surface area contributed by atoms with E-state index in [2.05, 4.69) is 5.32 Å². The number of sulfonamides is 1. The first kappa shape index (κ1) is 26.9. The molecule has 1 unspecified atom stereocenters. The van der Waals surface area contributed by atoms with E-state index in [1.807, 2.05) is 0 Å². The molecular formula is C23H27Cl2N3O6S. The SMILES string of the molecule is CCNC(=O)C(C)N(Cc1ccc(Cl)c(Cl)c1)C(=O)CN(c1ccc2c(c1)OCCO2)S(C)(=O)=O.